The van der Waals surface area contributed by atoms with E-state index in [1.165, 1.54) is 28.6 Å². The van der Waals surface area contributed by atoms with Crippen molar-refractivity contribution < 1.29 is 13.3 Å². The van der Waals surface area contributed by atoms with Crippen molar-refractivity contribution in [3.63, 3.8) is 0 Å². The molecule has 1 aliphatic rings. The first kappa shape index (κ1) is 16.5. The number of nitrogens with zero attached hydrogens (tertiary/aromatic N) is 3. The third-order valence-electron chi connectivity index (χ3n) is 3.92. The van der Waals surface area contributed by atoms with Crippen molar-refractivity contribution in [2.45, 2.75) is 10.9 Å². The minimum atomic E-state index is -3.76. The van der Waals surface area contributed by atoms with E-state index < -0.39 is 14.9 Å². The fourth-order valence-corrected chi connectivity index (χ4v) is 4.32. The highest BCUT2D eigenvalue weighted by Crippen LogP contribution is 2.29. The monoisotopic (exact) mass is 348 g/mol. The van der Waals surface area contributed by atoms with Gasteiger partial charge in [-0.15, -0.1) is 0 Å². The number of pyridine rings is 1. The van der Waals surface area contributed by atoms with E-state index in [1.807, 2.05) is 6.07 Å². The zero-order valence-corrected chi connectivity index (χ0v) is 13.5. The van der Waals surface area contributed by atoms with Crippen molar-refractivity contribution in [3.8, 4) is 0 Å². The molecule has 2 aromatic rings. The number of sulfonamides is 1. The smallest absolute Gasteiger partial charge is 0.269 e. The van der Waals surface area contributed by atoms with Crippen molar-refractivity contribution in [2.75, 3.05) is 19.6 Å². The van der Waals surface area contributed by atoms with Gasteiger partial charge in [0.25, 0.3) is 5.69 Å². The molecule has 126 valence electrons. The molecule has 9 heteroatoms. The van der Waals surface area contributed by atoms with E-state index in [-0.39, 0.29) is 16.6 Å². The fraction of sp³-hybridized carbons (Fsp3) is 0.267. The molecule has 24 heavy (non-hydrogen) atoms. The van der Waals surface area contributed by atoms with Crippen LogP contribution in [0.15, 0.2) is 53.7 Å². The van der Waals surface area contributed by atoms with Crippen LogP contribution in [0.4, 0.5) is 5.69 Å². The molecule has 2 heterocycles. The van der Waals surface area contributed by atoms with Crippen molar-refractivity contribution in [1.82, 2.24) is 14.6 Å². The Morgan fingerprint density at radius 1 is 1.25 bits per heavy atom. The topological polar surface area (TPSA) is 105 Å². The Hall–Kier alpha value is -2.36. The van der Waals surface area contributed by atoms with Crippen molar-refractivity contribution in [1.29, 1.82) is 0 Å². The van der Waals surface area contributed by atoms with Crippen molar-refractivity contribution in [3.05, 3.63) is 64.5 Å². The number of benzene rings is 1. The van der Waals surface area contributed by atoms with Crippen molar-refractivity contribution in [2.24, 2.45) is 0 Å². The van der Waals surface area contributed by atoms with Gasteiger partial charge in [-0.25, -0.2) is 8.42 Å². The molecule has 1 atom stereocenters. The summed E-state index contributed by atoms with van der Waals surface area (Å²) >= 11 is 0. The van der Waals surface area contributed by atoms with Gasteiger partial charge in [-0.1, -0.05) is 6.07 Å². The zero-order valence-electron chi connectivity index (χ0n) is 12.7. The average Bonchev–Trinajstić information content (AvgIpc) is 2.62. The lowest BCUT2D eigenvalue weighted by Gasteiger charge is -2.35. The van der Waals surface area contributed by atoms with Crippen molar-refractivity contribution >= 4 is 15.7 Å². The van der Waals surface area contributed by atoms with Gasteiger partial charge in [0.15, 0.2) is 0 Å². The van der Waals surface area contributed by atoms with Gasteiger partial charge in [-0.2, -0.15) is 4.31 Å². The van der Waals surface area contributed by atoms with Gasteiger partial charge in [0.05, 0.1) is 15.9 Å². The number of hydrogen-bond acceptors (Lipinski definition) is 6. The highest BCUT2D eigenvalue weighted by atomic mass is 32.2. The lowest BCUT2D eigenvalue weighted by molar-refractivity contribution is -0.384. The molecule has 1 aromatic heterocycles. The maximum atomic E-state index is 13.0. The summed E-state index contributed by atoms with van der Waals surface area (Å²) in [7, 11) is -3.76. The SMILES string of the molecule is O=[N+]([O-])c1ccc(S(=O)(=O)N2CCNCC2c2cccnc2)cc1. The molecule has 1 N–H and O–H groups in total. The number of non-ortho nitro benzene ring substituents is 1. The highest BCUT2D eigenvalue weighted by Gasteiger charge is 2.34. The number of aromatic nitrogens is 1. The third kappa shape index (κ3) is 3.14. The van der Waals surface area contributed by atoms with Gasteiger partial charge in [-0.05, 0) is 23.8 Å². The number of piperazine rings is 1. The van der Waals surface area contributed by atoms with Gasteiger partial charge in [0, 0.05) is 44.2 Å². The second kappa shape index (κ2) is 6.63. The predicted octanol–water partition coefficient (Wildman–Crippen LogP) is 1.32. The number of nitro groups is 1. The fourth-order valence-electron chi connectivity index (χ4n) is 2.71. The van der Waals surface area contributed by atoms with Gasteiger partial charge in [-0.3, -0.25) is 15.1 Å². The molecule has 8 nitrogen and oxygen atoms in total. The molecular formula is C15H16N4O4S. The molecule has 0 amide bonds. The quantitative estimate of drug-likeness (QED) is 0.660. The van der Waals surface area contributed by atoms with Crippen LogP contribution in [-0.4, -0.2) is 42.3 Å². The average molecular weight is 348 g/mol. The Bertz CT molecular complexity index is 824. The van der Waals surface area contributed by atoms with E-state index in [0.717, 1.165) is 5.56 Å². The summed E-state index contributed by atoms with van der Waals surface area (Å²) in [5.41, 5.74) is 0.660. The number of nitro benzene ring substituents is 1. The third-order valence-corrected chi connectivity index (χ3v) is 5.84. The van der Waals surface area contributed by atoms with Gasteiger partial charge in [0.2, 0.25) is 10.0 Å². The van der Waals surface area contributed by atoms with E-state index in [1.54, 1.807) is 18.5 Å². The molecule has 1 fully saturated rings. The summed E-state index contributed by atoms with van der Waals surface area (Å²) in [6.45, 7) is 1.35. The predicted molar refractivity (Wildman–Crippen MR) is 86.8 cm³/mol. The Morgan fingerprint density at radius 2 is 2.00 bits per heavy atom. The van der Waals surface area contributed by atoms with Gasteiger partial charge in [0.1, 0.15) is 0 Å². The second-order valence-electron chi connectivity index (χ2n) is 5.37. The Morgan fingerprint density at radius 3 is 2.62 bits per heavy atom. The molecule has 0 saturated carbocycles. The van der Waals surface area contributed by atoms with Crippen LogP contribution >= 0.6 is 0 Å². The molecule has 3 rings (SSSR count). The number of hydrogen-bond donors (Lipinski definition) is 1. The number of rotatable bonds is 4. The minimum absolute atomic E-state index is 0.0453. The van der Waals surface area contributed by atoms with Crippen LogP contribution in [0.1, 0.15) is 11.6 Å². The Labute approximate surface area is 139 Å². The molecule has 1 aromatic carbocycles. The summed E-state index contributed by atoms with van der Waals surface area (Å²) < 4.78 is 27.3. The molecule has 0 radical (unpaired) electrons. The molecule has 0 spiro atoms. The molecule has 0 bridgehead atoms. The van der Waals surface area contributed by atoms with E-state index in [9.17, 15) is 18.5 Å². The largest absolute Gasteiger partial charge is 0.313 e. The van der Waals surface area contributed by atoms with Crippen LogP contribution in [0.25, 0.3) is 0 Å². The normalized spacial score (nSPS) is 19.1. The first-order valence-electron chi connectivity index (χ1n) is 7.37. The summed E-state index contributed by atoms with van der Waals surface area (Å²) in [5.74, 6) is 0. The van der Waals surface area contributed by atoms with E-state index in [0.29, 0.717) is 19.6 Å². The molecular weight excluding hydrogens is 332 g/mol. The standard InChI is InChI=1S/C15H16N4O4S/c20-19(21)13-3-5-14(6-4-13)24(22,23)18-9-8-17-11-15(18)12-2-1-7-16-10-12/h1-7,10,15,17H,8-9,11H2. The van der Waals surface area contributed by atoms with Crippen LogP contribution in [0, 0.1) is 10.1 Å². The molecule has 1 aliphatic heterocycles. The van der Waals surface area contributed by atoms with Gasteiger partial charge >= 0.3 is 0 Å². The minimum Gasteiger partial charge on any atom is -0.313 e. The lowest BCUT2D eigenvalue weighted by Crippen LogP contribution is -2.48. The number of nitrogens with one attached hydrogen (secondary N) is 1. The first-order valence-corrected chi connectivity index (χ1v) is 8.81. The Kier molecular flexibility index (Phi) is 4.56. The summed E-state index contributed by atoms with van der Waals surface area (Å²) in [6.07, 6.45) is 3.28. The van der Waals surface area contributed by atoms with E-state index >= 15 is 0 Å². The summed E-state index contributed by atoms with van der Waals surface area (Å²) in [6, 6.07) is 8.19. The van der Waals surface area contributed by atoms with Crippen LogP contribution in [0.2, 0.25) is 0 Å². The van der Waals surface area contributed by atoms with Crippen LogP contribution in [0.5, 0.6) is 0 Å². The molecule has 1 unspecified atom stereocenters. The lowest BCUT2D eigenvalue weighted by atomic mass is 10.1. The highest BCUT2D eigenvalue weighted by molar-refractivity contribution is 7.89. The van der Waals surface area contributed by atoms with Crippen LogP contribution in [-0.2, 0) is 10.0 Å². The summed E-state index contributed by atoms with van der Waals surface area (Å²) in [5, 5.41) is 13.9. The zero-order chi connectivity index (χ0) is 17.2. The first-order chi connectivity index (χ1) is 11.5. The maximum Gasteiger partial charge on any atom is 0.269 e. The maximum absolute atomic E-state index is 13.0. The summed E-state index contributed by atoms with van der Waals surface area (Å²) in [4.78, 5) is 14.3. The van der Waals surface area contributed by atoms with Gasteiger partial charge < -0.3 is 5.32 Å². The van der Waals surface area contributed by atoms with Crippen LogP contribution < -0.4 is 5.32 Å². The van der Waals surface area contributed by atoms with Crippen LogP contribution in [0.3, 0.4) is 0 Å². The second-order valence-corrected chi connectivity index (χ2v) is 7.26. The van der Waals surface area contributed by atoms with E-state index in [2.05, 4.69) is 10.3 Å². The molecule has 0 aliphatic carbocycles. The Balaban J connectivity index is 1.95. The molecule has 1 saturated heterocycles. The van der Waals surface area contributed by atoms with E-state index in [4.69, 9.17) is 0 Å².